The summed E-state index contributed by atoms with van der Waals surface area (Å²) in [5.74, 6) is 0.983. The van der Waals surface area contributed by atoms with E-state index in [1.54, 1.807) is 24.3 Å². The van der Waals surface area contributed by atoms with Gasteiger partial charge >= 0.3 is 5.97 Å². The third-order valence-electron chi connectivity index (χ3n) is 8.04. The third-order valence-corrected chi connectivity index (χ3v) is 11.2. The van der Waals surface area contributed by atoms with Crippen molar-refractivity contribution in [3.63, 3.8) is 0 Å². The SMILES string of the molecule is O=C(OS(c1ccccc1)(c1ccc(F)cc1)c1ccc(F)cc1)C12CC3CC(CC(C3)C1)C2. The molecule has 3 aromatic carbocycles. The molecule has 7 rings (SSSR count). The van der Waals surface area contributed by atoms with Crippen molar-refractivity contribution in [2.24, 2.45) is 23.2 Å². The van der Waals surface area contributed by atoms with Crippen molar-refractivity contribution < 1.29 is 17.8 Å². The number of benzene rings is 3. The summed E-state index contributed by atoms with van der Waals surface area (Å²) < 4.78 is 34.7. The fraction of sp³-hybridized carbons (Fsp3) is 0.345. The van der Waals surface area contributed by atoms with E-state index in [0.717, 1.165) is 33.9 Å². The maximum Gasteiger partial charge on any atom is 0.323 e. The first kappa shape index (κ1) is 21.8. The van der Waals surface area contributed by atoms with Crippen molar-refractivity contribution >= 4 is 16.3 Å². The maximum atomic E-state index is 14.2. The van der Waals surface area contributed by atoms with E-state index in [4.69, 9.17) is 4.18 Å². The monoisotopic (exact) mass is 478 g/mol. The van der Waals surface area contributed by atoms with Crippen LogP contribution in [0, 0.1) is 34.8 Å². The molecular weight excluding hydrogens is 450 g/mol. The van der Waals surface area contributed by atoms with E-state index in [-0.39, 0.29) is 17.6 Å². The Hall–Kier alpha value is -2.66. The van der Waals surface area contributed by atoms with Crippen LogP contribution in [0.1, 0.15) is 38.5 Å². The second-order valence-electron chi connectivity index (χ2n) is 10.3. The lowest BCUT2D eigenvalue weighted by molar-refractivity contribution is -0.160. The second-order valence-corrected chi connectivity index (χ2v) is 13.0. The first-order valence-corrected chi connectivity index (χ1v) is 13.7. The molecule has 4 saturated carbocycles. The highest BCUT2D eigenvalue weighted by molar-refractivity contribution is 8.30. The molecule has 0 amide bonds. The van der Waals surface area contributed by atoms with Gasteiger partial charge in [-0.05, 0) is 127 Å². The minimum Gasteiger partial charge on any atom is -0.402 e. The van der Waals surface area contributed by atoms with Crippen molar-refractivity contribution in [2.45, 2.75) is 53.2 Å². The normalized spacial score (nSPS) is 28.0. The second kappa shape index (κ2) is 8.23. The van der Waals surface area contributed by atoms with Gasteiger partial charge in [0.1, 0.15) is 11.6 Å². The van der Waals surface area contributed by atoms with Crippen LogP contribution >= 0.6 is 10.3 Å². The predicted octanol–water partition coefficient (Wildman–Crippen LogP) is 7.92. The Morgan fingerprint density at radius 3 is 1.53 bits per heavy atom. The number of hydrogen-bond donors (Lipinski definition) is 0. The summed E-state index contributed by atoms with van der Waals surface area (Å²) >= 11 is 0. The summed E-state index contributed by atoms with van der Waals surface area (Å²) in [5.41, 5.74) is -0.443. The van der Waals surface area contributed by atoms with Gasteiger partial charge in [0.2, 0.25) is 0 Å². The van der Waals surface area contributed by atoms with E-state index in [1.165, 1.54) is 43.5 Å². The first-order chi connectivity index (χ1) is 16.5. The number of rotatable bonds is 5. The molecule has 0 N–H and O–H groups in total. The zero-order valence-corrected chi connectivity index (χ0v) is 19.8. The van der Waals surface area contributed by atoms with Crippen LogP contribution in [-0.4, -0.2) is 5.97 Å². The van der Waals surface area contributed by atoms with Gasteiger partial charge in [-0.15, -0.1) is 0 Å². The summed E-state index contributed by atoms with van der Waals surface area (Å²) in [5, 5.41) is 0. The largest absolute Gasteiger partial charge is 0.402 e. The highest BCUT2D eigenvalue weighted by Gasteiger charge is 2.57. The lowest BCUT2D eigenvalue weighted by Gasteiger charge is -2.56. The van der Waals surface area contributed by atoms with Crippen molar-refractivity contribution in [1.82, 2.24) is 0 Å². The Bertz CT molecular complexity index is 1110. The van der Waals surface area contributed by atoms with Crippen LogP contribution in [-0.2, 0) is 8.98 Å². The average molecular weight is 479 g/mol. The van der Waals surface area contributed by atoms with Crippen LogP contribution in [0.2, 0.25) is 0 Å². The van der Waals surface area contributed by atoms with E-state index in [0.29, 0.717) is 17.8 Å². The predicted molar refractivity (Wildman–Crippen MR) is 128 cm³/mol. The van der Waals surface area contributed by atoms with Gasteiger partial charge in [-0.25, -0.2) is 8.78 Å². The zero-order valence-electron chi connectivity index (χ0n) is 19.0. The number of hydrogen-bond acceptors (Lipinski definition) is 2. The molecular formula is C29H28F2O2S. The van der Waals surface area contributed by atoms with Crippen molar-refractivity contribution in [1.29, 1.82) is 0 Å². The van der Waals surface area contributed by atoms with Crippen LogP contribution in [0.3, 0.4) is 0 Å². The number of halogens is 2. The van der Waals surface area contributed by atoms with E-state index in [1.807, 2.05) is 30.3 Å². The smallest absolute Gasteiger partial charge is 0.323 e. The zero-order chi connectivity index (χ0) is 23.3. The molecule has 0 radical (unpaired) electrons. The van der Waals surface area contributed by atoms with Gasteiger partial charge < -0.3 is 4.18 Å². The fourth-order valence-electron chi connectivity index (χ4n) is 6.98. The highest BCUT2D eigenvalue weighted by atomic mass is 32.3. The third kappa shape index (κ3) is 3.56. The topological polar surface area (TPSA) is 26.3 Å². The summed E-state index contributed by atoms with van der Waals surface area (Å²) in [6, 6.07) is 22.1. The Morgan fingerprint density at radius 1 is 0.676 bits per heavy atom. The van der Waals surface area contributed by atoms with E-state index >= 15 is 0 Å². The minimum absolute atomic E-state index is 0.140. The van der Waals surface area contributed by atoms with Crippen LogP contribution in [0.25, 0.3) is 0 Å². The van der Waals surface area contributed by atoms with Gasteiger partial charge in [0.15, 0.2) is 0 Å². The van der Waals surface area contributed by atoms with Crippen LogP contribution in [0.5, 0.6) is 0 Å². The molecule has 0 aliphatic heterocycles. The Balaban J connectivity index is 1.51. The Kier molecular flexibility index (Phi) is 5.29. The van der Waals surface area contributed by atoms with Crippen molar-refractivity contribution in [2.75, 3.05) is 0 Å². The molecule has 4 aliphatic carbocycles. The minimum atomic E-state index is -2.54. The first-order valence-electron chi connectivity index (χ1n) is 12.1. The molecule has 0 unspecified atom stereocenters. The van der Waals surface area contributed by atoms with Gasteiger partial charge in [0.05, 0.1) is 5.41 Å². The summed E-state index contributed by atoms with van der Waals surface area (Å²) in [6.07, 6.45) is 6.40. The highest BCUT2D eigenvalue weighted by Crippen LogP contribution is 2.71. The number of carbonyl (C=O) groups excluding carboxylic acids is 1. The maximum absolute atomic E-state index is 14.2. The van der Waals surface area contributed by atoms with Gasteiger partial charge in [-0.2, -0.15) is 0 Å². The quantitative estimate of drug-likeness (QED) is 0.372. The molecule has 3 aromatic rings. The van der Waals surface area contributed by atoms with Gasteiger partial charge in [0, 0.05) is 14.7 Å². The van der Waals surface area contributed by atoms with Crippen LogP contribution in [0.15, 0.2) is 93.5 Å². The molecule has 5 heteroatoms. The molecule has 176 valence electrons. The van der Waals surface area contributed by atoms with Gasteiger partial charge in [-0.3, -0.25) is 4.79 Å². The molecule has 0 atom stereocenters. The molecule has 0 aromatic heterocycles. The number of carbonyl (C=O) groups is 1. The van der Waals surface area contributed by atoms with E-state index < -0.39 is 15.7 Å². The lowest BCUT2D eigenvalue weighted by Crippen LogP contribution is -2.50. The molecule has 4 fully saturated rings. The summed E-state index contributed by atoms with van der Waals surface area (Å²) in [7, 11) is -2.54. The molecule has 0 saturated heterocycles. The van der Waals surface area contributed by atoms with Crippen LogP contribution in [0.4, 0.5) is 8.78 Å². The standard InChI is InChI=1S/C29H28F2O2S/c30-23-6-10-26(11-7-23)34(25-4-2-1-3-5-25,27-12-8-24(31)9-13-27)33-28(32)29-17-20-14-21(18-29)16-22(15-20)19-29/h1-13,20-22H,14-19H2. The average Bonchev–Trinajstić information content (AvgIpc) is 2.83. The summed E-state index contributed by atoms with van der Waals surface area (Å²) in [4.78, 5) is 16.5. The van der Waals surface area contributed by atoms with E-state index in [2.05, 4.69) is 0 Å². The molecule has 4 bridgehead atoms. The summed E-state index contributed by atoms with van der Waals surface area (Å²) in [6.45, 7) is 0. The van der Waals surface area contributed by atoms with Crippen molar-refractivity contribution in [3.05, 3.63) is 90.5 Å². The molecule has 0 spiro atoms. The Labute approximate surface area is 200 Å². The molecule has 4 aliphatic rings. The molecule has 34 heavy (non-hydrogen) atoms. The van der Waals surface area contributed by atoms with Gasteiger partial charge in [-0.1, -0.05) is 18.2 Å². The molecule has 2 nitrogen and oxygen atoms in total. The molecule has 0 heterocycles. The van der Waals surface area contributed by atoms with Crippen molar-refractivity contribution in [3.8, 4) is 0 Å². The fourth-order valence-corrected chi connectivity index (χ4v) is 10.1. The van der Waals surface area contributed by atoms with Gasteiger partial charge in [0.25, 0.3) is 0 Å². The van der Waals surface area contributed by atoms with E-state index in [9.17, 15) is 13.6 Å². The lowest BCUT2D eigenvalue weighted by atomic mass is 9.49. The van der Waals surface area contributed by atoms with Crippen LogP contribution < -0.4 is 0 Å². The Morgan fingerprint density at radius 2 is 1.09 bits per heavy atom.